The lowest BCUT2D eigenvalue weighted by Crippen LogP contribution is -2.44. The molecule has 1 aromatic carbocycles. The van der Waals surface area contributed by atoms with Crippen molar-refractivity contribution in [2.75, 3.05) is 11.0 Å². The molecule has 0 saturated carbocycles. The van der Waals surface area contributed by atoms with Crippen LogP contribution in [-0.4, -0.2) is 34.1 Å². The van der Waals surface area contributed by atoms with Crippen LogP contribution in [0.1, 0.15) is 5.56 Å². The minimum absolute atomic E-state index is 0.0490. The number of carbonyl (C=O) groups is 2. The Morgan fingerprint density at radius 3 is 2.56 bits per heavy atom. The van der Waals surface area contributed by atoms with Gasteiger partial charge in [0.1, 0.15) is 0 Å². The molecule has 1 amide bonds. The molecule has 0 spiro atoms. The number of halogens is 1. The molecule has 1 unspecified atom stereocenters. The molecule has 0 fully saturated rings. The molecule has 0 aliphatic heterocycles. The van der Waals surface area contributed by atoms with Crippen molar-refractivity contribution in [1.29, 1.82) is 0 Å². The number of rotatable bonds is 7. The fourth-order valence-corrected chi connectivity index (χ4v) is 1.50. The van der Waals surface area contributed by atoms with Gasteiger partial charge >= 0.3 is 5.97 Å². The molecule has 98 valence electrons. The van der Waals surface area contributed by atoms with Gasteiger partial charge in [-0.2, -0.15) is 0 Å². The van der Waals surface area contributed by atoms with Crippen molar-refractivity contribution < 1.29 is 19.4 Å². The third-order valence-electron chi connectivity index (χ3n) is 2.15. The predicted molar refractivity (Wildman–Crippen MR) is 74.6 cm³/mol. The molecule has 1 rings (SSSR count). The summed E-state index contributed by atoms with van der Waals surface area (Å²) in [7, 11) is 0. The van der Waals surface area contributed by atoms with Gasteiger partial charge in [0, 0.05) is 0 Å². The van der Waals surface area contributed by atoms with Crippen LogP contribution < -0.4 is 5.32 Å². The third kappa shape index (κ3) is 5.46. The zero-order valence-electron chi connectivity index (χ0n) is 9.64. The smallest absolute Gasteiger partial charge is 0.328 e. The first-order valence-electron chi connectivity index (χ1n) is 5.33. The predicted octanol–water partition coefficient (Wildman–Crippen LogP) is 1.21. The summed E-state index contributed by atoms with van der Waals surface area (Å²) in [5.41, 5.74) is 0.960. The van der Waals surface area contributed by atoms with Gasteiger partial charge in [0.05, 0.1) is 17.6 Å². The van der Waals surface area contributed by atoms with Gasteiger partial charge in [0.2, 0.25) is 5.91 Å². The highest BCUT2D eigenvalue weighted by Crippen LogP contribution is 2.01. The van der Waals surface area contributed by atoms with Crippen molar-refractivity contribution in [2.45, 2.75) is 12.6 Å². The van der Waals surface area contributed by atoms with E-state index in [-0.39, 0.29) is 16.9 Å². The molecule has 1 atom stereocenters. The quantitative estimate of drug-likeness (QED) is 0.564. The second-order valence-electron chi connectivity index (χ2n) is 3.59. The Labute approximate surface area is 119 Å². The van der Waals surface area contributed by atoms with E-state index in [0.29, 0.717) is 6.61 Å². The molecule has 18 heavy (non-hydrogen) atoms. The van der Waals surface area contributed by atoms with Gasteiger partial charge in [-0.05, 0) is 5.56 Å². The lowest BCUT2D eigenvalue weighted by molar-refractivity contribution is -0.143. The highest BCUT2D eigenvalue weighted by Gasteiger charge is 2.19. The van der Waals surface area contributed by atoms with Gasteiger partial charge < -0.3 is 15.2 Å². The van der Waals surface area contributed by atoms with E-state index in [0.717, 1.165) is 5.56 Å². The number of carbonyl (C=O) groups excluding carboxylic acids is 1. The van der Waals surface area contributed by atoms with Crippen LogP contribution in [0.2, 0.25) is 0 Å². The van der Waals surface area contributed by atoms with E-state index in [4.69, 9.17) is 9.84 Å². The molecule has 6 heteroatoms. The molecular weight excluding hydrogens is 349 g/mol. The molecule has 1 aromatic rings. The summed E-state index contributed by atoms with van der Waals surface area (Å²) in [4.78, 5) is 22.0. The summed E-state index contributed by atoms with van der Waals surface area (Å²) >= 11 is 1.87. The first-order valence-corrected chi connectivity index (χ1v) is 6.86. The number of carboxylic acid groups (broad SMARTS) is 1. The molecule has 0 aliphatic carbocycles. The number of nitrogens with one attached hydrogen (secondary N) is 1. The van der Waals surface area contributed by atoms with E-state index in [2.05, 4.69) is 5.32 Å². The Hall–Kier alpha value is -1.15. The molecule has 0 heterocycles. The molecule has 0 radical (unpaired) electrons. The Morgan fingerprint density at radius 1 is 1.33 bits per heavy atom. The third-order valence-corrected chi connectivity index (χ3v) is 2.84. The monoisotopic (exact) mass is 363 g/mol. The van der Waals surface area contributed by atoms with Crippen molar-refractivity contribution >= 4 is 34.5 Å². The average Bonchev–Trinajstić information content (AvgIpc) is 2.38. The minimum atomic E-state index is -1.10. The van der Waals surface area contributed by atoms with Crippen molar-refractivity contribution in [3.63, 3.8) is 0 Å². The van der Waals surface area contributed by atoms with Crippen LogP contribution in [0.15, 0.2) is 30.3 Å². The number of alkyl halides is 1. The number of hydrogen-bond acceptors (Lipinski definition) is 3. The number of amides is 1. The molecule has 0 aromatic heterocycles. The van der Waals surface area contributed by atoms with E-state index < -0.39 is 12.0 Å². The van der Waals surface area contributed by atoms with Crippen molar-refractivity contribution in [3.05, 3.63) is 35.9 Å². The highest BCUT2D eigenvalue weighted by molar-refractivity contribution is 14.1. The number of ether oxygens (including phenoxy) is 1. The summed E-state index contributed by atoms with van der Waals surface area (Å²) in [6, 6.07) is 8.43. The van der Waals surface area contributed by atoms with Crippen LogP contribution in [-0.2, 0) is 20.9 Å². The molecule has 2 N–H and O–H groups in total. The molecule has 5 nitrogen and oxygen atoms in total. The van der Waals surface area contributed by atoms with E-state index >= 15 is 0 Å². The zero-order valence-corrected chi connectivity index (χ0v) is 11.8. The first-order chi connectivity index (χ1) is 8.63. The normalized spacial score (nSPS) is 11.8. The minimum Gasteiger partial charge on any atom is -0.480 e. The fourth-order valence-electron chi connectivity index (χ4n) is 1.28. The van der Waals surface area contributed by atoms with E-state index in [1.165, 1.54) is 0 Å². The van der Waals surface area contributed by atoms with Crippen LogP contribution >= 0.6 is 22.6 Å². The van der Waals surface area contributed by atoms with Gasteiger partial charge in [-0.1, -0.05) is 52.9 Å². The average molecular weight is 363 g/mol. The Balaban J connectivity index is 2.38. The number of benzene rings is 1. The Morgan fingerprint density at radius 2 is 2.00 bits per heavy atom. The van der Waals surface area contributed by atoms with Gasteiger partial charge in [-0.15, -0.1) is 0 Å². The maximum atomic E-state index is 11.1. The van der Waals surface area contributed by atoms with E-state index in [9.17, 15) is 9.59 Å². The lowest BCUT2D eigenvalue weighted by Gasteiger charge is -2.14. The topological polar surface area (TPSA) is 75.6 Å². The van der Waals surface area contributed by atoms with Crippen LogP contribution in [0.4, 0.5) is 0 Å². The standard InChI is InChI=1S/C12H14INO4/c13-6-11(15)14-10(12(16)17)8-18-7-9-4-2-1-3-5-9/h1-5,10H,6-8H2,(H,14,15)(H,16,17). The molecular formula is C12H14INO4. The van der Waals surface area contributed by atoms with Gasteiger partial charge in [0.25, 0.3) is 0 Å². The summed E-state index contributed by atoms with van der Waals surface area (Å²) in [5, 5.41) is 11.3. The van der Waals surface area contributed by atoms with Crippen molar-refractivity contribution in [3.8, 4) is 0 Å². The Bertz CT molecular complexity index is 396. The molecule has 0 bridgehead atoms. The van der Waals surface area contributed by atoms with Crippen molar-refractivity contribution in [2.24, 2.45) is 0 Å². The second kappa shape index (κ2) is 8.04. The summed E-state index contributed by atoms with van der Waals surface area (Å²) in [6.07, 6.45) is 0. The van der Waals surface area contributed by atoms with Crippen LogP contribution in [0.3, 0.4) is 0 Å². The molecule has 0 saturated heterocycles. The zero-order chi connectivity index (χ0) is 13.4. The number of carboxylic acids is 1. The van der Waals surface area contributed by atoms with Crippen LogP contribution in [0, 0.1) is 0 Å². The maximum Gasteiger partial charge on any atom is 0.328 e. The number of aliphatic carboxylic acids is 1. The summed E-state index contributed by atoms with van der Waals surface area (Å²) in [6.45, 7) is 0.275. The van der Waals surface area contributed by atoms with Gasteiger partial charge in [-0.3, -0.25) is 4.79 Å². The van der Waals surface area contributed by atoms with Gasteiger partial charge in [-0.25, -0.2) is 4.79 Å². The largest absolute Gasteiger partial charge is 0.480 e. The fraction of sp³-hybridized carbons (Fsp3) is 0.333. The molecule has 0 aliphatic rings. The highest BCUT2D eigenvalue weighted by atomic mass is 127. The first kappa shape index (κ1) is 14.9. The summed E-state index contributed by atoms with van der Waals surface area (Å²) < 4.78 is 5.51. The van der Waals surface area contributed by atoms with Gasteiger partial charge in [0.15, 0.2) is 6.04 Å². The van der Waals surface area contributed by atoms with E-state index in [1.807, 2.05) is 52.9 Å². The van der Waals surface area contributed by atoms with Crippen molar-refractivity contribution in [1.82, 2.24) is 5.32 Å². The Kier molecular flexibility index (Phi) is 6.66. The van der Waals surface area contributed by atoms with E-state index in [1.54, 1.807) is 0 Å². The second-order valence-corrected chi connectivity index (χ2v) is 4.36. The SMILES string of the molecule is O=C(CI)NC(COCc1ccccc1)C(=O)O. The lowest BCUT2D eigenvalue weighted by atomic mass is 10.2. The number of hydrogen-bond donors (Lipinski definition) is 2. The van der Waals surface area contributed by atoms with Crippen LogP contribution in [0.5, 0.6) is 0 Å². The van der Waals surface area contributed by atoms with Crippen LogP contribution in [0.25, 0.3) is 0 Å². The summed E-state index contributed by atoms with van der Waals surface area (Å²) in [5.74, 6) is -1.41. The maximum absolute atomic E-state index is 11.1.